The van der Waals surface area contributed by atoms with Gasteiger partial charge >= 0.3 is 0 Å². The maximum absolute atomic E-state index is 13.0. The lowest BCUT2D eigenvalue weighted by atomic mass is 10.0. The first-order chi connectivity index (χ1) is 14.2. The van der Waals surface area contributed by atoms with E-state index in [-0.39, 0.29) is 17.4 Å². The van der Waals surface area contributed by atoms with Crippen molar-refractivity contribution in [2.24, 2.45) is 4.99 Å². The maximum atomic E-state index is 13.0. The van der Waals surface area contributed by atoms with Crippen LogP contribution in [0.3, 0.4) is 0 Å². The van der Waals surface area contributed by atoms with E-state index in [1.54, 1.807) is 29.2 Å². The molecule has 6 heteroatoms. The summed E-state index contributed by atoms with van der Waals surface area (Å²) >= 11 is 0. The number of nitriles is 1. The molecule has 144 valence electrons. The first-order valence-corrected chi connectivity index (χ1v) is 9.67. The van der Waals surface area contributed by atoms with E-state index in [9.17, 15) is 14.9 Å². The van der Waals surface area contributed by atoms with Crippen LogP contribution in [0.25, 0.3) is 5.70 Å². The normalized spacial score (nSPS) is 17.1. The molecule has 0 atom stereocenters. The van der Waals surface area contributed by atoms with Gasteiger partial charge in [0.05, 0.1) is 5.70 Å². The van der Waals surface area contributed by atoms with Gasteiger partial charge in [-0.05, 0) is 31.4 Å². The Kier molecular flexibility index (Phi) is 5.21. The number of amides is 2. The lowest BCUT2D eigenvalue weighted by molar-refractivity contribution is -0.127. The van der Waals surface area contributed by atoms with Crippen molar-refractivity contribution in [1.29, 1.82) is 5.26 Å². The molecule has 6 nitrogen and oxygen atoms in total. The molecule has 0 spiro atoms. The molecule has 1 fully saturated rings. The second-order valence-corrected chi connectivity index (χ2v) is 7.01. The molecule has 1 N–H and O–H groups in total. The monoisotopic (exact) mass is 384 g/mol. The van der Waals surface area contributed by atoms with Crippen molar-refractivity contribution in [2.75, 3.05) is 13.1 Å². The Morgan fingerprint density at radius 1 is 0.931 bits per heavy atom. The van der Waals surface area contributed by atoms with Crippen LogP contribution < -0.4 is 5.32 Å². The van der Waals surface area contributed by atoms with Gasteiger partial charge in [-0.2, -0.15) is 5.26 Å². The van der Waals surface area contributed by atoms with Gasteiger partial charge in [-0.1, -0.05) is 42.5 Å². The average molecular weight is 384 g/mol. The molecular formula is C23H20N4O2. The van der Waals surface area contributed by atoms with Crippen LogP contribution in [0.4, 0.5) is 0 Å². The Hall–Kier alpha value is -3.72. The third-order valence-corrected chi connectivity index (χ3v) is 5.13. The third kappa shape index (κ3) is 3.67. The fourth-order valence-corrected chi connectivity index (χ4v) is 3.64. The molecule has 0 aromatic heterocycles. The largest absolute Gasteiger partial charge is 0.338 e. The Labute approximate surface area is 169 Å². The molecule has 29 heavy (non-hydrogen) atoms. The van der Waals surface area contributed by atoms with Crippen molar-refractivity contribution >= 4 is 23.3 Å². The number of rotatable bonds is 2. The molecule has 2 aliphatic heterocycles. The van der Waals surface area contributed by atoms with Gasteiger partial charge in [-0.15, -0.1) is 0 Å². The second-order valence-electron chi connectivity index (χ2n) is 7.01. The molecule has 2 aliphatic rings. The molecule has 0 saturated carbocycles. The average Bonchev–Trinajstić information content (AvgIpc) is 3.13. The van der Waals surface area contributed by atoms with E-state index in [1.807, 2.05) is 30.3 Å². The fourth-order valence-electron chi connectivity index (χ4n) is 3.64. The van der Waals surface area contributed by atoms with Crippen LogP contribution in [0.1, 0.15) is 40.7 Å². The first-order valence-electron chi connectivity index (χ1n) is 9.67. The number of nitrogens with zero attached hydrogens (tertiary/aromatic N) is 3. The summed E-state index contributed by atoms with van der Waals surface area (Å²) in [5, 5.41) is 12.6. The van der Waals surface area contributed by atoms with E-state index in [2.05, 4.69) is 16.4 Å². The molecule has 2 aromatic carbocycles. The topological polar surface area (TPSA) is 85.6 Å². The van der Waals surface area contributed by atoms with Gasteiger partial charge in [0, 0.05) is 29.8 Å². The number of likely N-dealkylation sites (tertiary alicyclic amines) is 1. The van der Waals surface area contributed by atoms with Crippen molar-refractivity contribution in [1.82, 2.24) is 10.2 Å². The van der Waals surface area contributed by atoms with Crippen LogP contribution >= 0.6 is 0 Å². The van der Waals surface area contributed by atoms with Crippen LogP contribution in [0, 0.1) is 11.3 Å². The summed E-state index contributed by atoms with van der Waals surface area (Å²) in [4.78, 5) is 31.8. The molecule has 0 aliphatic carbocycles. The molecule has 0 radical (unpaired) electrons. The van der Waals surface area contributed by atoms with Crippen LogP contribution in [-0.4, -0.2) is 35.6 Å². The summed E-state index contributed by atoms with van der Waals surface area (Å²) in [5.74, 6) is -0.235. The third-order valence-electron chi connectivity index (χ3n) is 5.13. The summed E-state index contributed by atoms with van der Waals surface area (Å²) in [6, 6.07) is 18.2. The number of nitrogens with one attached hydrogen (secondary N) is 1. The van der Waals surface area contributed by atoms with Gasteiger partial charge in [0.2, 0.25) is 0 Å². The Morgan fingerprint density at radius 3 is 2.28 bits per heavy atom. The van der Waals surface area contributed by atoms with E-state index in [0.29, 0.717) is 41.3 Å². The molecule has 2 amide bonds. The Balaban J connectivity index is 1.71. The number of fused-ring (bicyclic) bond motifs is 1. The fraction of sp³-hybridized carbons (Fsp3) is 0.217. The molecule has 4 rings (SSSR count). The van der Waals surface area contributed by atoms with Gasteiger partial charge in [-0.3, -0.25) is 9.59 Å². The predicted octanol–water partition coefficient (Wildman–Crippen LogP) is 3.12. The first kappa shape index (κ1) is 18.6. The van der Waals surface area contributed by atoms with Crippen LogP contribution in [0.5, 0.6) is 0 Å². The summed E-state index contributed by atoms with van der Waals surface area (Å²) in [6.07, 6.45) is 2.98. The summed E-state index contributed by atoms with van der Waals surface area (Å²) in [5.41, 5.74) is 2.23. The van der Waals surface area contributed by atoms with E-state index < -0.39 is 0 Å². The van der Waals surface area contributed by atoms with Crippen molar-refractivity contribution in [3.63, 3.8) is 0 Å². The van der Waals surface area contributed by atoms with Gasteiger partial charge in [-0.25, -0.2) is 4.99 Å². The van der Waals surface area contributed by atoms with Crippen molar-refractivity contribution in [2.45, 2.75) is 19.3 Å². The van der Waals surface area contributed by atoms with E-state index in [4.69, 9.17) is 0 Å². The smallest absolute Gasteiger partial charge is 0.266 e. The van der Waals surface area contributed by atoms with Crippen molar-refractivity contribution in [3.05, 3.63) is 76.9 Å². The Bertz CT molecular complexity index is 1060. The summed E-state index contributed by atoms with van der Waals surface area (Å²) < 4.78 is 0. The quantitative estimate of drug-likeness (QED) is 0.638. The van der Waals surface area contributed by atoms with E-state index in [0.717, 1.165) is 19.3 Å². The van der Waals surface area contributed by atoms with Crippen molar-refractivity contribution < 1.29 is 9.59 Å². The highest BCUT2D eigenvalue weighted by molar-refractivity contribution is 6.20. The lowest BCUT2D eigenvalue weighted by Gasteiger charge is -2.26. The number of benzene rings is 2. The number of hydrogen-bond acceptors (Lipinski definition) is 4. The van der Waals surface area contributed by atoms with Crippen LogP contribution in [0.2, 0.25) is 0 Å². The summed E-state index contributed by atoms with van der Waals surface area (Å²) in [7, 11) is 0. The van der Waals surface area contributed by atoms with E-state index in [1.165, 1.54) is 0 Å². The predicted molar refractivity (Wildman–Crippen MR) is 110 cm³/mol. The van der Waals surface area contributed by atoms with E-state index >= 15 is 0 Å². The van der Waals surface area contributed by atoms with Gasteiger partial charge in [0.15, 0.2) is 0 Å². The highest BCUT2D eigenvalue weighted by atomic mass is 16.2. The number of hydrogen-bond donors (Lipinski definition) is 1. The summed E-state index contributed by atoms with van der Waals surface area (Å²) in [6.45, 7) is 1.31. The molecular weight excluding hydrogens is 364 g/mol. The van der Waals surface area contributed by atoms with Crippen LogP contribution in [0.15, 0.2) is 65.2 Å². The lowest BCUT2D eigenvalue weighted by Crippen LogP contribution is -2.36. The minimum Gasteiger partial charge on any atom is -0.338 e. The van der Waals surface area contributed by atoms with Gasteiger partial charge < -0.3 is 10.2 Å². The maximum Gasteiger partial charge on any atom is 0.266 e. The minimum absolute atomic E-state index is 0.0170. The van der Waals surface area contributed by atoms with Gasteiger partial charge in [0.1, 0.15) is 17.5 Å². The minimum atomic E-state index is -0.295. The number of aliphatic imine (C=N–C) groups is 1. The second kappa shape index (κ2) is 8.11. The molecule has 0 unspecified atom stereocenters. The van der Waals surface area contributed by atoms with Crippen molar-refractivity contribution in [3.8, 4) is 6.07 Å². The molecule has 1 saturated heterocycles. The number of carbonyl (C=O) groups excluding carboxylic acids is 2. The zero-order valence-electron chi connectivity index (χ0n) is 15.9. The number of amidine groups is 1. The highest BCUT2D eigenvalue weighted by Gasteiger charge is 2.29. The van der Waals surface area contributed by atoms with Crippen LogP contribution in [-0.2, 0) is 4.79 Å². The molecule has 2 aromatic rings. The zero-order valence-corrected chi connectivity index (χ0v) is 15.9. The number of carbonyl (C=O) groups is 2. The Morgan fingerprint density at radius 2 is 1.59 bits per heavy atom. The standard InChI is InChI=1S/C23H20N4O2/c24-15-19(23(29)27-13-7-2-8-14-27)20-17-11-5-6-12-18(17)21(25-20)26-22(28)16-9-3-1-4-10-16/h1,3-6,9-12H,2,7-8,13-14H2,(H,25,26,28)/b20-19+. The molecule has 2 heterocycles. The SMILES string of the molecule is N#C/C(C(=O)N1CCCCC1)=C1\N=C(NC(=O)c2ccccc2)c2ccccc21. The number of piperidine rings is 1. The molecule has 0 bridgehead atoms. The zero-order chi connectivity index (χ0) is 20.2. The van der Waals surface area contributed by atoms with Gasteiger partial charge in [0.25, 0.3) is 11.8 Å². The highest BCUT2D eigenvalue weighted by Crippen LogP contribution is 2.31.